The molecule has 0 radical (unpaired) electrons. The summed E-state index contributed by atoms with van der Waals surface area (Å²) >= 11 is 0. The maximum atomic E-state index is 11.9. The van der Waals surface area contributed by atoms with Gasteiger partial charge in [-0.1, -0.05) is 12.1 Å². The summed E-state index contributed by atoms with van der Waals surface area (Å²) in [5.74, 6) is -0.441. The van der Waals surface area contributed by atoms with Crippen molar-refractivity contribution in [3.8, 4) is 5.75 Å². The Morgan fingerprint density at radius 2 is 1.95 bits per heavy atom. The highest BCUT2D eigenvalue weighted by atomic mass is 16.5. The van der Waals surface area contributed by atoms with Crippen molar-refractivity contribution in [2.45, 2.75) is 46.1 Å². The number of carboxylic acid groups (broad SMARTS) is 1. The normalized spacial score (nSPS) is 11.0. The zero-order chi connectivity index (χ0) is 16.0. The molecule has 2 N–H and O–H groups in total. The predicted octanol–water partition coefficient (Wildman–Crippen LogP) is 2.44. The van der Waals surface area contributed by atoms with E-state index >= 15 is 0 Å². The highest BCUT2D eigenvalue weighted by molar-refractivity contribution is 5.78. The molecule has 0 aliphatic carbocycles. The maximum absolute atomic E-state index is 11.9. The Morgan fingerprint density at radius 3 is 2.57 bits per heavy atom. The Morgan fingerprint density at radius 1 is 1.29 bits per heavy atom. The molecule has 1 aromatic carbocycles. The van der Waals surface area contributed by atoms with E-state index in [1.807, 2.05) is 32.0 Å². The number of benzene rings is 1. The summed E-state index contributed by atoms with van der Waals surface area (Å²) in [7, 11) is 0. The summed E-state index contributed by atoms with van der Waals surface area (Å²) in [6.07, 6.45) is 0.392. The van der Waals surface area contributed by atoms with Crippen LogP contribution in [-0.4, -0.2) is 29.1 Å². The standard InChI is InChI=1S/C16H23NO4/c1-11-5-6-12(2)13(9-11)21-10-14(18)17-16(3,4)8-7-15(19)20/h5-6,9H,7-8,10H2,1-4H3,(H,17,18)(H,19,20). The summed E-state index contributed by atoms with van der Waals surface area (Å²) in [4.78, 5) is 22.5. The van der Waals surface area contributed by atoms with Gasteiger partial charge in [-0.25, -0.2) is 0 Å². The van der Waals surface area contributed by atoms with E-state index in [1.54, 1.807) is 13.8 Å². The highest BCUT2D eigenvalue weighted by Gasteiger charge is 2.21. The summed E-state index contributed by atoms with van der Waals surface area (Å²) in [6, 6.07) is 5.81. The Bertz CT molecular complexity index is 523. The van der Waals surface area contributed by atoms with Gasteiger partial charge in [0.25, 0.3) is 5.91 Å². The lowest BCUT2D eigenvalue weighted by molar-refractivity contribution is -0.138. The van der Waals surface area contributed by atoms with E-state index < -0.39 is 11.5 Å². The number of ether oxygens (including phenoxy) is 1. The van der Waals surface area contributed by atoms with Crippen molar-refractivity contribution < 1.29 is 19.4 Å². The van der Waals surface area contributed by atoms with Crippen molar-refractivity contribution in [1.29, 1.82) is 0 Å². The summed E-state index contributed by atoms with van der Waals surface area (Å²) < 4.78 is 5.52. The molecule has 5 heteroatoms. The molecule has 0 heterocycles. The van der Waals surface area contributed by atoms with Crippen LogP contribution in [0, 0.1) is 13.8 Å². The van der Waals surface area contributed by atoms with Crippen molar-refractivity contribution in [2.75, 3.05) is 6.61 Å². The first-order valence-electron chi connectivity index (χ1n) is 6.92. The van der Waals surface area contributed by atoms with Gasteiger partial charge >= 0.3 is 5.97 Å². The van der Waals surface area contributed by atoms with E-state index in [-0.39, 0.29) is 18.9 Å². The van der Waals surface area contributed by atoms with E-state index in [2.05, 4.69) is 5.32 Å². The molecule has 0 atom stereocenters. The Hall–Kier alpha value is -2.04. The molecule has 0 saturated heterocycles. The fraction of sp³-hybridized carbons (Fsp3) is 0.500. The fourth-order valence-electron chi connectivity index (χ4n) is 1.90. The molecule has 21 heavy (non-hydrogen) atoms. The van der Waals surface area contributed by atoms with Gasteiger partial charge < -0.3 is 15.2 Å². The lowest BCUT2D eigenvalue weighted by Crippen LogP contribution is -2.45. The maximum Gasteiger partial charge on any atom is 0.303 e. The minimum atomic E-state index is -0.871. The quantitative estimate of drug-likeness (QED) is 0.809. The molecule has 0 spiro atoms. The number of carbonyl (C=O) groups is 2. The first kappa shape index (κ1) is 17.0. The van der Waals surface area contributed by atoms with Gasteiger partial charge in [-0.05, 0) is 51.3 Å². The topological polar surface area (TPSA) is 75.6 Å². The van der Waals surface area contributed by atoms with E-state index in [9.17, 15) is 9.59 Å². The highest BCUT2D eigenvalue weighted by Crippen LogP contribution is 2.19. The van der Waals surface area contributed by atoms with Crippen LogP contribution in [0.3, 0.4) is 0 Å². The van der Waals surface area contributed by atoms with Gasteiger partial charge in [0.1, 0.15) is 5.75 Å². The minimum Gasteiger partial charge on any atom is -0.483 e. The second-order valence-corrected chi connectivity index (χ2v) is 5.88. The van der Waals surface area contributed by atoms with Crippen LogP contribution in [0.15, 0.2) is 18.2 Å². The third kappa shape index (κ3) is 6.29. The fourth-order valence-corrected chi connectivity index (χ4v) is 1.90. The van der Waals surface area contributed by atoms with Crippen molar-refractivity contribution in [3.05, 3.63) is 29.3 Å². The first-order chi connectivity index (χ1) is 9.69. The molecular weight excluding hydrogens is 270 g/mol. The average Bonchev–Trinajstić information content (AvgIpc) is 2.37. The number of rotatable bonds is 7. The molecular formula is C16H23NO4. The summed E-state index contributed by atoms with van der Waals surface area (Å²) in [6.45, 7) is 7.39. The van der Waals surface area contributed by atoms with E-state index in [0.29, 0.717) is 12.2 Å². The van der Waals surface area contributed by atoms with Crippen LogP contribution in [0.25, 0.3) is 0 Å². The van der Waals surface area contributed by atoms with Crippen molar-refractivity contribution in [3.63, 3.8) is 0 Å². The zero-order valence-corrected chi connectivity index (χ0v) is 13.0. The lowest BCUT2D eigenvalue weighted by Gasteiger charge is -2.25. The Balaban J connectivity index is 2.50. The minimum absolute atomic E-state index is 0.0190. The van der Waals surface area contributed by atoms with Crippen LogP contribution in [0.4, 0.5) is 0 Å². The van der Waals surface area contributed by atoms with Crippen molar-refractivity contribution >= 4 is 11.9 Å². The monoisotopic (exact) mass is 293 g/mol. The number of hydrogen-bond acceptors (Lipinski definition) is 3. The van der Waals surface area contributed by atoms with E-state index in [4.69, 9.17) is 9.84 Å². The van der Waals surface area contributed by atoms with Gasteiger partial charge in [-0.3, -0.25) is 9.59 Å². The molecule has 1 aromatic rings. The molecule has 1 rings (SSSR count). The zero-order valence-electron chi connectivity index (χ0n) is 13.0. The summed E-state index contributed by atoms with van der Waals surface area (Å²) in [5, 5.41) is 11.5. The molecule has 0 unspecified atom stereocenters. The first-order valence-corrected chi connectivity index (χ1v) is 6.92. The number of hydrogen-bond donors (Lipinski definition) is 2. The van der Waals surface area contributed by atoms with Crippen LogP contribution in [-0.2, 0) is 9.59 Å². The molecule has 0 aromatic heterocycles. The molecule has 0 aliphatic rings. The van der Waals surface area contributed by atoms with E-state index in [0.717, 1.165) is 11.1 Å². The molecule has 0 aliphatic heterocycles. The molecule has 0 bridgehead atoms. The van der Waals surface area contributed by atoms with Crippen LogP contribution in [0.5, 0.6) is 5.75 Å². The van der Waals surface area contributed by atoms with Gasteiger partial charge in [0.05, 0.1) is 0 Å². The van der Waals surface area contributed by atoms with Crippen molar-refractivity contribution in [2.24, 2.45) is 0 Å². The molecule has 5 nitrogen and oxygen atoms in total. The Kier molecular flexibility index (Phi) is 5.76. The molecule has 1 amide bonds. The second-order valence-electron chi connectivity index (χ2n) is 5.88. The second kappa shape index (κ2) is 7.11. The average molecular weight is 293 g/mol. The summed E-state index contributed by atoms with van der Waals surface area (Å²) in [5.41, 5.74) is 1.47. The predicted molar refractivity (Wildman–Crippen MR) is 80.5 cm³/mol. The number of carbonyl (C=O) groups excluding carboxylic acids is 1. The largest absolute Gasteiger partial charge is 0.483 e. The Labute approximate surface area is 125 Å². The van der Waals surface area contributed by atoms with E-state index in [1.165, 1.54) is 0 Å². The van der Waals surface area contributed by atoms with Gasteiger partial charge in [-0.2, -0.15) is 0 Å². The number of aliphatic carboxylic acids is 1. The molecule has 0 fully saturated rings. The third-order valence-electron chi connectivity index (χ3n) is 3.14. The number of nitrogens with one attached hydrogen (secondary N) is 1. The van der Waals surface area contributed by atoms with Gasteiger partial charge in [0.15, 0.2) is 6.61 Å². The van der Waals surface area contributed by atoms with Gasteiger partial charge in [0, 0.05) is 12.0 Å². The van der Waals surface area contributed by atoms with Crippen molar-refractivity contribution in [1.82, 2.24) is 5.32 Å². The van der Waals surface area contributed by atoms with Crippen LogP contribution >= 0.6 is 0 Å². The van der Waals surface area contributed by atoms with Crippen LogP contribution in [0.2, 0.25) is 0 Å². The van der Waals surface area contributed by atoms with Crippen LogP contribution in [0.1, 0.15) is 37.8 Å². The smallest absolute Gasteiger partial charge is 0.303 e. The SMILES string of the molecule is Cc1ccc(C)c(OCC(=O)NC(C)(C)CCC(=O)O)c1. The van der Waals surface area contributed by atoms with Crippen LogP contribution < -0.4 is 10.1 Å². The van der Waals surface area contributed by atoms with Gasteiger partial charge in [-0.15, -0.1) is 0 Å². The number of carboxylic acids is 1. The molecule has 0 saturated carbocycles. The third-order valence-corrected chi connectivity index (χ3v) is 3.14. The van der Waals surface area contributed by atoms with Gasteiger partial charge in [0.2, 0.25) is 0 Å². The number of aryl methyl sites for hydroxylation is 2. The number of amides is 1. The molecule has 116 valence electrons. The lowest BCUT2D eigenvalue weighted by atomic mass is 9.98.